The van der Waals surface area contributed by atoms with Gasteiger partial charge in [-0.05, 0) is 47.2 Å². The van der Waals surface area contributed by atoms with Crippen LogP contribution in [-0.2, 0) is 0 Å². The standard InChI is InChI=1S/C21H18N4O/c22-19-5-1-4-18(13-19)21(26)25-10-2-3-14-6-7-16-12-17(20(23)24)9-8-15(16)11-14/h1,4-9,11-13H,10,22H2,(H3,23,24)(H,25,26). The van der Waals surface area contributed by atoms with Crippen molar-refractivity contribution >= 4 is 28.2 Å². The number of nitrogen functional groups attached to an aromatic ring is 2. The van der Waals surface area contributed by atoms with E-state index in [1.54, 1.807) is 24.3 Å². The van der Waals surface area contributed by atoms with Gasteiger partial charge in [-0.2, -0.15) is 0 Å². The quantitative estimate of drug-likeness (QED) is 0.254. The minimum atomic E-state index is -0.207. The topological polar surface area (TPSA) is 105 Å². The van der Waals surface area contributed by atoms with Gasteiger partial charge in [-0.1, -0.05) is 36.1 Å². The lowest BCUT2D eigenvalue weighted by Gasteiger charge is -2.03. The monoisotopic (exact) mass is 342 g/mol. The van der Waals surface area contributed by atoms with Gasteiger partial charge < -0.3 is 16.8 Å². The van der Waals surface area contributed by atoms with E-state index in [4.69, 9.17) is 16.9 Å². The molecule has 0 saturated carbocycles. The van der Waals surface area contributed by atoms with Gasteiger partial charge in [-0.15, -0.1) is 0 Å². The summed E-state index contributed by atoms with van der Waals surface area (Å²) in [6.45, 7) is 0.245. The maximum Gasteiger partial charge on any atom is 0.252 e. The Hall–Kier alpha value is -3.78. The molecule has 0 unspecified atom stereocenters. The van der Waals surface area contributed by atoms with E-state index in [2.05, 4.69) is 17.2 Å². The fourth-order valence-electron chi connectivity index (χ4n) is 2.54. The number of hydrogen-bond acceptors (Lipinski definition) is 3. The van der Waals surface area contributed by atoms with Crippen molar-refractivity contribution in [3.63, 3.8) is 0 Å². The number of benzene rings is 3. The second kappa shape index (κ2) is 7.41. The molecule has 3 aromatic rings. The minimum Gasteiger partial charge on any atom is -0.399 e. The van der Waals surface area contributed by atoms with Gasteiger partial charge in [-0.3, -0.25) is 10.2 Å². The van der Waals surface area contributed by atoms with E-state index in [9.17, 15) is 4.79 Å². The van der Waals surface area contributed by atoms with Gasteiger partial charge in [0.05, 0.1) is 6.54 Å². The normalized spacial score (nSPS) is 10.0. The van der Waals surface area contributed by atoms with E-state index in [1.807, 2.05) is 36.4 Å². The van der Waals surface area contributed by atoms with Crippen LogP contribution in [-0.4, -0.2) is 18.3 Å². The van der Waals surface area contributed by atoms with E-state index < -0.39 is 0 Å². The van der Waals surface area contributed by atoms with Crippen LogP contribution in [0.3, 0.4) is 0 Å². The largest absolute Gasteiger partial charge is 0.399 e. The SMILES string of the molecule is N=C(N)c1ccc2cc(C#CCNC(=O)c3cccc(N)c3)ccc2c1. The van der Waals surface area contributed by atoms with Gasteiger partial charge in [-0.25, -0.2) is 0 Å². The molecule has 0 heterocycles. The molecule has 1 amide bonds. The first-order valence-corrected chi connectivity index (χ1v) is 8.04. The first-order valence-electron chi connectivity index (χ1n) is 8.04. The first-order chi connectivity index (χ1) is 12.5. The van der Waals surface area contributed by atoms with Crippen LogP contribution >= 0.6 is 0 Å². The Balaban J connectivity index is 1.67. The van der Waals surface area contributed by atoms with E-state index in [0.717, 1.165) is 16.3 Å². The summed E-state index contributed by atoms with van der Waals surface area (Å²) in [6.07, 6.45) is 0. The van der Waals surface area contributed by atoms with Crippen molar-refractivity contribution in [1.29, 1.82) is 5.41 Å². The lowest BCUT2D eigenvalue weighted by Crippen LogP contribution is -2.23. The third kappa shape index (κ3) is 4.00. The number of nitrogens with two attached hydrogens (primary N) is 2. The fraction of sp³-hybridized carbons (Fsp3) is 0.0476. The van der Waals surface area contributed by atoms with Crippen molar-refractivity contribution < 1.29 is 4.79 Å². The summed E-state index contributed by atoms with van der Waals surface area (Å²) < 4.78 is 0. The fourth-order valence-corrected chi connectivity index (χ4v) is 2.54. The summed E-state index contributed by atoms with van der Waals surface area (Å²) in [4.78, 5) is 12.0. The zero-order valence-corrected chi connectivity index (χ0v) is 14.0. The Kier molecular flexibility index (Phi) is 4.86. The third-order valence-electron chi connectivity index (χ3n) is 3.87. The van der Waals surface area contributed by atoms with Gasteiger partial charge >= 0.3 is 0 Å². The summed E-state index contributed by atoms with van der Waals surface area (Å²) in [5, 5.41) is 12.3. The zero-order chi connectivity index (χ0) is 18.5. The van der Waals surface area contributed by atoms with Gasteiger partial charge in [0.15, 0.2) is 0 Å². The molecular formula is C21H18N4O. The minimum absolute atomic E-state index is 0.0479. The predicted octanol–water partition coefficient (Wildman–Crippen LogP) is 2.49. The zero-order valence-electron chi connectivity index (χ0n) is 14.0. The van der Waals surface area contributed by atoms with Crippen LogP contribution in [0.1, 0.15) is 21.5 Å². The van der Waals surface area contributed by atoms with E-state index in [1.165, 1.54) is 0 Å². The average Bonchev–Trinajstić information content (AvgIpc) is 2.64. The molecule has 0 radical (unpaired) electrons. The Morgan fingerprint density at radius 2 is 1.77 bits per heavy atom. The Morgan fingerprint density at radius 3 is 2.54 bits per heavy atom. The van der Waals surface area contributed by atoms with E-state index in [0.29, 0.717) is 16.8 Å². The smallest absolute Gasteiger partial charge is 0.252 e. The molecule has 6 N–H and O–H groups in total. The number of carbonyl (C=O) groups excluding carboxylic acids is 1. The van der Waals surface area contributed by atoms with Gasteiger partial charge in [0, 0.05) is 22.4 Å². The molecule has 0 aliphatic carbocycles. The van der Waals surface area contributed by atoms with Gasteiger partial charge in [0.25, 0.3) is 5.91 Å². The van der Waals surface area contributed by atoms with Crippen LogP contribution in [0, 0.1) is 17.3 Å². The second-order valence-electron chi connectivity index (χ2n) is 5.80. The molecule has 0 aliphatic heterocycles. The highest BCUT2D eigenvalue weighted by Crippen LogP contribution is 2.17. The maximum absolute atomic E-state index is 12.0. The van der Waals surface area contributed by atoms with E-state index >= 15 is 0 Å². The Morgan fingerprint density at radius 1 is 1.00 bits per heavy atom. The number of fused-ring (bicyclic) bond motifs is 1. The molecule has 26 heavy (non-hydrogen) atoms. The number of amidine groups is 1. The van der Waals surface area contributed by atoms with Crippen molar-refractivity contribution in [1.82, 2.24) is 5.32 Å². The molecular weight excluding hydrogens is 324 g/mol. The van der Waals surface area contributed by atoms with E-state index in [-0.39, 0.29) is 18.3 Å². The van der Waals surface area contributed by atoms with Crippen LogP contribution in [0.25, 0.3) is 10.8 Å². The first kappa shape index (κ1) is 17.1. The van der Waals surface area contributed by atoms with Crippen LogP contribution in [0.4, 0.5) is 5.69 Å². The van der Waals surface area contributed by atoms with Gasteiger partial charge in [0.2, 0.25) is 0 Å². The number of carbonyl (C=O) groups is 1. The number of hydrogen-bond donors (Lipinski definition) is 4. The molecule has 128 valence electrons. The molecule has 0 saturated heterocycles. The van der Waals surface area contributed by atoms with Crippen LogP contribution in [0.15, 0.2) is 60.7 Å². The molecule has 5 heteroatoms. The van der Waals surface area contributed by atoms with Crippen LogP contribution < -0.4 is 16.8 Å². The maximum atomic E-state index is 12.0. The van der Waals surface area contributed by atoms with Crippen molar-refractivity contribution in [3.8, 4) is 11.8 Å². The highest BCUT2D eigenvalue weighted by molar-refractivity contribution is 5.99. The number of rotatable bonds is 3. The molecule has 0 atom stereocenters. The summed E-state index contributed by atoms with van der Waals surface area (Å²) in [6, 6.07) is 18.2. The van der Waals surface area contributed by atoms with Gasteiger partial charge in [0.1, 0.15) is 5.84 Å². The predicted molar refractivity (Wildman–Crippen MR) is 105 cm³/mol. The molecule has 0 aromatic heterocycles. The number of anilines is 1. The Labute approximate surface area is 151 Å². The molecule has 3 rings (SSSR count). The summed E-state index contributed by atoms with van der Waals surface area (Å²) in [5.41, 5.74) is 13.8. The number of amides is 1. The van der Waals surface area contributed by atoms with Crippen molar-refractivity contribution in [3.05, 3.63) is 77.4 Å². The van der Waals surface area contributed by atoms with Crippen molar-refractivity contribution in [2.45, 2.75) is 0 Å². The van der Waals surface area contributed by atoms with Crippen molar-refractivity contribution in [2.75, 3.05) is 12.3 Å². The summed E-state index contributed by atoms with van der Waals surface area (Å²) >= 11 is 0. The van der Waals surface area contributed by atoms with Crippen LogP contribution in [0.2, 0.25) is 0 Å². The third-order valence-corrected chi connectivity index (χ3v) is 3.87. The molecule has 0 spiro atoms. The lowest BCUT2D eigenvalue weighted by molar-refractivity contribution is 0.0958. The molecule has 0 fully saturated rings. The summed E-state index contributed by atoms with van der Waals surface area (Å²) in [5.74, 6) is 5.82. The molecule has 0 bridgehead atoms. The molecule has 3 aromatic carbocycles. The average molecular weight is 342 g/mol. The number of nitrogens with one attached hydrogen (secondary N) is 2. The highest BCUT2D eigenvalue weighted by Gasteiger charge is 2.03. The second-order valence-corrected chi connectivity index (χ2v) is 5.80. The lowest BCUT2D eigenvalue weighted by atomic mass is 10.0. The Bertz CT molecular complexity index is 1060. The van der Waals surface area contributed by atoms with Crippen LogP contribution in [0.5, 0.6) is 0 Å². The summed E-state index contributed by atoms with van der Waals surface area (Å²) in [7, 11) is 0. The molecule has 0 aliphatic rings. The molecule has 5 nitrogen and oxygen atoms in total. The highest BCUT2D eigenvalue weighted by atomic mass is 16.1. The van der Waals surface area contributed by atoms with Crippen molar-refractivity contribution in [2.24, 2.45) is 5.73 Å².